The number of nitrogens with two attached hydrogens (primary N) is 1. The van der Waals surface area contributed by atoms with Gasteiger partial charge in [0.05, 0.1) is 6.42 Å². The van der Waals surface area contributed by atoms with E-state index in [2.05, 4.69) is 21.2 Å². The van der Waals surface area contributed by atoms with E-state index in [1.165, 1.54) is 18.2 Å². The molecule has 1 atom stereocenters. The van der Waals surface area contributed by atoms with Crippen molar-refractivity contribution in [2.24, 2.45) is 0 Å². The summed E-state index contributed by atoms with van der Waals surface area (Å²) in [7, 11) is 0. The second-order valence-electron chi connectivity index (χ2n) is 3.70. The first-order valence-electron chi connectivity index (χ1n) is 5.11. The summed E-state index contributed by atoms with van der Waals surface area (Å²) in [5, 5.41) is 19.5. The fourth-order valence-electron chi connectivity index (χ4n) is 1.30. The van der Waals surface area contributed by atoms with Gasteiger partial charge in [-0.2, -0.15) is 0 Å². The lowest BCUT2D eigenvalue weighted by Crippen LogP contribution is -2.42. The number of benzene rings is 1. The topological polar surface area (TPSA) is 130 Å². The smallest absolute Gasteiger partial charge is 0.326 e. The van der Waals surface area contributed by atoms with Gasteiger partial charge in [-0.3, -0.25) is 9.59 Å². The summed E-state index contributed by atoms with van der Waals surface area (Å²) in [6.07, 6.45) is -0.701. The molecule has 0 aliphatic rings. The van der Waals surface area contributed by atoms with Gasteiger partial charge < -0.3 is 21.3 Å². The Morgan fingerprint density at radius 2 is 1.95 bits per heavy atom. The van der Waals surface area contributed by atoms with Gasteiger partial charge >= 0.3 is 11.9 Å². The molecule has 0 heterocycles. The normalized spacial score (nSPS) is 11.6. The third-order valence-corrected chi connectivity index (χ3v) is 2.96. The van der Waals surface area contributed by atoms with Crippen LogP contribution in [0.3, 0.4) is 0 Å². The number of nitrogen functional groups attached to an aromatic ring is 1. The van der Waals surface area contributed by atoms with E-state index in [9.17, 15) is 14.4 Å². The van der Waals surface area contributed by atoms with Crippen molar-refractivity contribution in [2.45, 2.75) is 12.5 Å². The maximum absolute atomic E-state index is 11.8. The Kier molecular flexibility index (Phi) is 4.87. The highest BCUT2D eigenvalue weighted by Gasteiger charge is 2.23. The molecule has 0 saturated heterocycles. The molecule has 0 radical (unpaired) electrons. The largest absolute Gasteiger partial charge is 0.481 e. The average Bonchev–Trinajstić information content (AvgIpc) is 2.31. The first kappa shape index (κ1) is 15.0. The SMILES string of the molecule is Nc1cc(C(=O)NC(CC(=O)O)C(=O)O)ccc1Br. The maximum Gasteiger partial charge on any atom is 0.326 e. The van der Waals surface area contributed by atoms with Crippen LogP contribution in [0.4, 0.5) is 5.69 Å². The zero-order valence-corrected chi connectivity index (χ0v) is 11.2. The number of carbonyl (C=O) groups is 3. The Labute approximate surface area is 116 Å². The van der Waals surface area contributed by atoms with Crippen LogP contribution in [0.2, 0.25) is 0 Å². The monoisotopic (exact) mass is 330 g/mol. The number of hydrogen-bond acceptors (Lipinski definition) is 4. The minimum absolute atomic E-state index is 0.150. The Bertz CT molecular complexity index is 532. The molecule has 0 spiro atoms. The van der Waals surface area contributed by atoms with Crippen LogP contribution in [0.25, 0.3) is 0 Å². The molecule has 0 aliphatic carbocycles. The molecular formula is C11H11BrN2O5. The quantitative estimate of drug-likeness (QED) is 0.587. The van der Waals surface area contributed by atoms with Crippen LogP contribution in [0.5, 0.6) is 0 Å². The Balaban J connectivity index is 2.84. The van der Waals surface area contributed by atoms with Crippen molar-refractivity contribution in [3.63, 3.8) is 0 Å². The third kappa shape index (κ3) is 4.25. The van der Waals surface area contributed by atoms with Crippen LogP contribution < -0.4 is 11.1 Å². The molecule has 0 saturated carbocycles. The summed E-state index contributed by atoms with van der Waals surface area (Å²) in [5.74, 6) is -3.43. The standard InChI is InChI=1S/C11H11BrN2O5/c12-6-2-1-5(3-7(6)13)10(17)14-8(11(18)19)4-9(15)16/h1-3,8H,4,13H2,(H,14,17)(H,15,16)(H,18,19). The molecule has 5 N–H and O–H groups in total. The van der Waals surface area contributed by atoms with Gasteiger partial charge in [0.25, 0.3) is 5.91 Å². The number of carboxylic acid groups (broad SMARTS) is 2. The van der Waals surface area contributed by atoms with Gasteiger partial charge in [-0.15, -0.1) is 0 Å². The lowest BCUT2D eigenvalue weighted by Gasteiger charge is -2.12. The van der Waals surface area contributed by atoms with E-state index >= 15 is 0 Å². The van der Waals surface area contributed by atoms with Crippen molar-refractivity contribution in [3.8, 4) is 0 Å². The molecular weight excluding hydrogens is 320 g/mol. The van der Waals surface area contributed by atoms with E-state index in [0.717, 1.165) is 0 Å². The maximum atomic E-state index is 11.8. The molecule has 1 rings (SSSR count). The second kappa shape index (κ2) is 6.19. The van der Waals surface area contributed by atoms with Crippen LogP contribution in [-0.2, 0) is 9.59 Å². The summed E-state index contributed by atoms with van der Waals surface area (Å²) < 4.78 is 0.601. The van der Waals surface area contributed by atoms with Crippen LogP contribution >= 0.6 is 15.9 Å². The van der Waals surface area contributed by atoms with Crippen molar-refractivity contribution in [2.75, 3.05) is 5.73 Å². The number of carboxylic acids is 2. The average molecular weight is 331 g/mol. The van der Waals surface area contributed by atoms with E-state index in [4.69, 9.17) is 15.9 Å². The highest BCUT2D eigenvalue weighted by molar-refractivity contribution is 9.10. The third-order valence-electron chi connectivity index (χ3n) is 2.24. The van der Waals surface area contributed by atoms with Crippen LogP contribution in [0, 0.1) is 0 Å². The van der Waals surface area contributed by atoms with Gasteiger partial charge in [-0.05, 0) is 34.1 Å². The zero-order valence-electron chi connectivity index (χ0n) is 9.59. The van der Waals surface area contributed by atoms with Crippen molar-refractivity contribution in [1.29, 1.82) is 0 Å². The molecule has 1 amide bonds. The van der Waals surface area contributed by atoms with Crippen molar-refractivity contribution in [1.82, 2.24) is 5.32 Å². The Morgan fingerprint density at radius 1 is 1.32 bits per heavy atom. The van der Waals surface area contributed by atoms with Crippen LogP contribution in [-0.4, -0.2) is 34.1 Å². The molecule has 7 nitrogen and oxygen atoms in total. The predicted octanol–water partition coefficient (Wildman–Crippen LogP) is 0.689. The summed E-state index contributed by atoms with van der Waals surface area (Å²) in [4.78, 5) is 33.1. The molecule has 0 bridgehead atoms. The number of carbonyl (C=O) groups excluding carboxylic acids is 1. The number of halogens is 1. The predicted molar refractivity (Wildman–Crippen MR) is 69.7 cm³/mol. The van der Waals surface area contributed by atoms with E-state index < -0.39 is 30.3 Å². The highest BCUT2D eigenvalue weighted by Crippen LogP contribution is 2.20. The van der Waals surface area contributed by atoms with Crippen LogP contribution in [0.15, 0.2) is 22.7 Å². The summed E-state index contributed by atoms with van der Waals surface area (Å²) in [6.45, 7) is 0. The summed E-state index contributed by atoms with van der Waals surface area (Å²) in [6, 6.07) is 2.85. The lowest BCUT2D eigenvalue weighted by molar-refractivity contribution is -0.145. The second-order valence-corrected chi connectivity index (χ2v) is 4.55. The molecule has 1 aromatic rings. The van der Waals surface area contributed by atoms with Gasteiger partial charge in [0.2, 0.25) is 0 Å². The molecule has 1 aromatic carbocycles. The number of anilines is 1. The van der Waals surface area contributed by atoms with Gasteiger partial charge in [0, 0.05) is 15.7 Å². The highest BCUT2D eigenvalue weighted by atomic mass is 79.9. The summed E-state index contributed by atoms with van der Waals surface area (Å²) in [5.41, 5.74) is 6.06. The van der Waals surface area contributed by atoms with E-state index in [1.54, 1.807) is 0 Å². The minimum atomic E-state index is -1.49. The van der Waals surface area contributed by atoms with Gasteiger partial charge in [-0.25, -0.2) is 4.79 Å². The molecule has 0 aliphatic heterocycles. The first-order valence-corrected chi connectivity index (χ1v) is 5.91. The molecule has 8 heteroatoms. The Morgan fingerprint density at radius 3 is 2.42 bits per heavy atom. The molecule has 0 aromatic heterocycles. The number of nitrogens with one attached hydrogen (secondary N) is 1. The summed E-state index contributed by atoms with van der Waals surface area (Å²) >= 11 is 3.16. The van der Waals surface area contributed by atoms with E-state index in [-0.39, 0.29) is 5.56 Å². The van der Waals surface area contributed by atoms with Gasteiger partial charge in [0.15, 0.2) is 0 Å². The molecule has 0 fully saturated rings. The van der Waals surface area contributed by atoms with E-state index in [0.29, 0.717) is 10.2 Å². The number of hydrogen-bond donors (Lipinski definition) is 4. The fraction of sp³-hybridized carbons (Fsp3) is 0.182. The van der Waals surface area contributed by atoms with Crippen molar-refractivity contribution < 1.29 is 24.6 Å². The minimum Gasteiger partial charge on any atom is -0.481 e. The number of rotatable bonds is 5. The first-order chi connectivity index (χ1) is 8.81. The van der Waals surface area contributed by atoms with Crippen molar-refractivity contribution >= 4 is 39.5 Å². The molecule has 19 heavy (non-hydrogen) atoms. The number of aliphatic carboxylic acids is 2. The molecule has 102 valence electrons. The van der Waals surface area contributed by atoms with Gasteiger partial charge in [-0.1, -0.05) is 0 Å². The van der Waals surface area contributed by atoms with Crippen molar-refractivity contribution in [3.05, 3.63) is 28.2 Å². The fourth-order valence-corrected chi connectivity index (χ4v) is 1.55. The van der Waals surface area contributed by atoms with Gasteiger partial charge in [0.1, 0.15) is 6.04 Å². The zero-order chi connectivity index (χ0) is 14.6. The van der Waals surface area contributed by atoms with E-state index in [1.807, 2.05) is 0 Å². The van der Waals surface area contributed by atoms with Crippen LogP contribution in [0.1, 0.15) is 16.8 Å². The Hall–Kier alpha value is -2.09. The number of amides is 1. The molecule has 1 unspecified atom stereocenters. The lowest BCUT2D eigenvalue weighted by atomic mass is 10.1.